The van der Waals surface area contributed by atoms with E-state index in [0.717, 1.165) is 32.2 Å². The van der Waals surface area contributed by atoms with Gasteiger partial charge in [0.05, 0.1) is 6.04 Å². The predicted octanol–water partition coefficient (Wildman–Crippen LogP) is 1.64. The van der Waals surface area contributed by atoms with Gasteiger partial charge >= 0.3 is 0 Å². The van der Waals surface area contributed by atoms with Crippen LogP contribution in [-0.2, 0) is 16.0 Å². The maximum Gasteiger partial charge on any atom is 0.252 e. The number of fused-ring (bicyclic) bond motifs is 1. The Labute approximate surface area is 119 Å². The second kappa shape index (κ2) is 5.94. The first-order valence-corrected chi connectivity index (χ1v) is 7.51. The fourth-order valence-electron chi connectivity index (χ4n) is 3.29. The lowest BCUT2D eigenvalue weighted by Crippen LogP contribution is -2.48. The van der Waals surface area contributed by atoms with Crippen molar-refractivity contribution in [2.24, 2.45) is 5.73 Å². The van der Waals surface area contributed by atoms with Gasteiger partial charge in [0.2, 0.25) is 0 Å². The van der Waals surface area contributed by atoms with Gasteiger partial charge < -0.3 is 15.4 Å². The topological polar surface area (TPSA) is 55.6 Å². The molecular weight excluding hydrogens is 252 g/mol. The van der Waals surface area contributed by atoms with Gasteiger partial charge in [-0.25, -0.2) is 0 Å². The molecule has 2 atom stereocenters. The summed E-state index contributed by atoms with van der Waals surface area (Å²) >= 11 is 0. The molecule has 2 N–H and O–H groups in total. The molecule has 2 aliphatic heterocycles. The molecule has 0 aliphatic carbocycles. The zero-order valence-electron chi connectivity index (χ0n) is 11.8. The van der Waals surface area contributed by atoms with E-state index in [1.807, 2.05) is 17.0 Å². The molecular formula is C16H22N2O2. The van der Waals surface area contributed by atoms with Crippen LogP contribution in [0.3, 0.4) is 0 Å². The van der Waals surface area contributed by atoms with Crippen molar-refractivity contribution in [1.82, 2.24) is 4.90 Å². The monoisotopic (exact) mass is 274 g/mol. The summed E-state index contributed by atoms with van der Waals surface area (Å²) in [7, 11) is 0. The molecule has 0 saturated carbocycles. The lowest BCUT2D eigenvalue weighted by Gasteiger charge is -2.39. The highest BCUT2D eigenvalue weighted by molar-refractivity contribution is 5.82. The van der Waals surface area contributed by atoms with Crippen LogP contribution in [-0.4, -0.2) is 36.6 Å². The Morgan fingerprint density at radius 3 is 2.95 bits per heavy atom. The van der Waals surface area contributed by atoms with E-state index in [2.05, 4.69) is 12.1 Å². The molecule has 0 aromatic heterocycles. The minimum atomic E-state index is -0.261. The maximum atomic E-state index is 12.7. The molecule has 4 heteroatoms. The molecule has 0 bridgehead atoms. The number of nitrogens with zero attached hydrogens (tertiary/aromatic N) is 1. The SMILES string of the molecule is NCC1c2ccccc2CCN1C(=O)C1CCCCO1. The lowest BCUT2D eigenvalue weighted by molar-refractivity contribution is -0.149. The molecule has 1 fully saturated rings. The van der Waals surface area contributed by atoms with E-state index in [1.165, 1.54) is 11.1 Å². The van der Waals surface area contributed by atoms with E-state index in [4.69, 9.17) is 10.5 Å². The quantitative estimate of drug-likeness (QED) is 0.892. The molecule has 3 rings (SSSR count). The van der Waals surface area contributed by atoms with Gasteiger partial charge in [-0.15, -0.1) is 0 Å². The van der Waals surface area contributed by atoms with E-state index in [1.54, 1.807) is 0 Å². The standard InChI is InChI=1S/C16H22N2O2/c17-11-14-13-6-2-1-5-12(13)8-9-18(14)16(19)15-7-3-4-10-20-15/h1-2,5-6,14-15H,3-4,7-11,17H2. The van der Waals surface area contributed by atoms with Gasteiger partial charge in [-0.05, 0) is 36.8 Å². The normalized spacial score (nSPS) is 26.1. The molecule has 1 amide bonds. The molecule has 0 radical (unpaired) electrons. The van der Waals surface area contributed by atoms with Crippen molar-refractivity contribution in [2.45, 2.75) is 37.8 Å². The highest BCUT2D eigenvalue weighted by Gasteiger charge is 2.34. The first kappa shape index (κ1) is 13.6. The van der Waals surface area contributed by atoms with E-state index in [9.17, 15) is 4.79 Å². The number of ether oxygens (including phenoxy) is 1. The molecule has 2 aliphatic rings. The van der Waals surface area contributed by atoms with Gasteiger partial charge in [-0.1, -0.05) is 24.3 Å². The molecule has 1 aromatic carbocycles. The Bertz CT molecular complexity index is 483. The lowest BCUT2D eigenvalue weighted by atomic mass is 9.92. The van der Waals surface area contributed by atoms with Crippen LogP contribution in [0.1, 0.15) is 36.4 Å². The first-order valence-electron chi connectivity index (χ1n) is 7.51. The van der Waals surface area contributed by atoms with Crippen molar-refractivity contribution in [1.29, 1.82) is 0 Å². The van der Waals surface area contributed by atoms with Crippen LogP contribution in [0.4, 0.5) is 0 Å². The highest BCUT2D eigenvalue weighted by atomic mass is 16.5. The fourth-order valence-corrected chi connectivity index (χ4v) is 3.29. The van der Waals surface area contributed by atoms with Gasteiger partial charge in [0, 0.05) is 19.7 Å². The Kier molecular flexibility index (Phi) is 4.03. The second-order valence-corrected chi connectivity index (χ2v) is 5.59. The summed E-state index contributed by atoms with van der Waals surface area (Å²) in [5, 5.41) is 0. The van der Waals surface area contributed by atoms with Gasteiger partial charge in [0.1, 0.15) is 6.10 Å². The van der Waals surface area contributed by atoms with Crippen LogP contribution in [0.5, 0.6) is 0 Å². The fraction of sp³-hybridized carbons (Fsp3) is 0.562. The summed E-state index contributed by atoms with van der Waals surface area (Å²) in [4.78, 5) is 14.6. The second-order valence-electron chi connectivity index (χ2n) is 5.59. The van der Waals surface area contributed by atoms with E-state index >= 15 is 0 Å². The zero-order valence-corrected chi connectivity index (χ0v) is 11.8. The minimum absolute atomic E-state index is 0.00187. The van der Waals surface area contributed by atoms with Crippen molar-refractivity contribution in [2.75, 3.05) is 19.7 Å². The average Bonchev–Trinajstić information content (AvgIpc) is 2.54. The Balaban J connectivity index is 1.81. The predicted molar refractivity (Wildman–Crippen MR) is 77.2 cm³/mol. The first-order chi connectivity index (χ1) is 9.81. The van der Waals surface area contributed by atoms with Gasteiger partial charge in [0.25, 0.3) is 5.91 Å². The number of amides is 1. The number of carbonyl (C=O) groups is 1. The number of hydrogen-bond acceptors (Lipinski definition) is 3. The van der Waals surface area contributed by atoms with Crippen LogP contribution >= 0.6 is 0 Å². The molecule has 108 valence electrons. The third-order valence-corrected chi connectivity index (χ3v) is 4.37. The Hall–Kier alpha value is -1.39. The van der Waals surface area contributed by atoms with Crippen LogP contribution < -0.4 is 5.73 Å². The molecule has 1 saturated heterocycles. The Morgan fingerprint density at radius 2 is 2.20 bits per heavy atom. The molecule has 2 unspecified atom stereocenters. The van der Waals surface area contributed by atoms with Crippen LogP contribution in [0, 0.1) is 0 Å². The van der Waals surface area contributed by atoms with Crippen molar-refractivity contribution in [3.63, 3.8) is 0 Å². The summed E-state index contributed by atoms with van der Waals surface area (Å²) in [5.41, 5.74) is 8.46. The number of hydrogen-bond donors (Lipinski definition) is 1. The van der Waals surface area contributed by atoms with Crippen LogP contribution in [0.15, 0.2) is 24.3 Å². The smallest absolute Gasteiger partial charge is 0.252 e. The summed E-state index contributed by atoms with van der Waals surface area (Å²) in [6.07, 6.45) is 3.63. The van der Waals surface area contributed by atoms with Gasteiger partial charge in [0.15, 0.2) is 0 Å². The molecule has 1 aromatic rings. The van der Waals surface area contributed by atoms with E-state index < -0.39 is 0 Å². The summed E-state index contributed by atoms with van der Waals surface area (Å²) in [6, 6.07) is 8.30. The average molecular weight is 274 g/mol. The van der Waals surface area contributed by atoms with Gasteiger partial charge in [-0.2, -0.15) is 0 Å². The number of benzene rings is 1. The van der Waals surface area contributed by atoms with Crippen LogP contribution in [0.25, 0.3) is 0 Å². The van der Waals surface area contributed by atoms with Crippen LogP contribution in [0.2, 0.25) is 0 Å². The van der Waals surface area contributed by atoms with Crippen molar-refractivity contribution < 1.29 is 9.53 Å². The van der Waals surface area contributed by atoms with E-state index in [0.29, 0.717) is 13.2 Å². The largest absolute Gasteiger partial charge is 0.368 e. The third kappa shape index (κ3) is 2.45. The number of carbonyl (C=O) groups excluding carboxylic acids is 1. The van der Waals surface area contributed by atoms with Gasteiger partial charge in [-0.3, -0.25) is 4.79 Å². The van der Waals surface area contributed by atoms with Crippen molar-refractivity contribution >= 4 is 5.91 Å². The highest BCUT2D eigenvalue weighted by Crippen LogP contribution is 2.30. The summed E-state index contributed by atoms with van der Waals surface area (Å²) < 4.78 is 5.64. The Morgan fingerprint density at radius 1 is 1.35 bits per heavy atom. The summed E-state index contributed by atoms with van der Waals surface area (Å²) in [6.45, 7) is 1.92. The molecule has 20 heavy (non-hydrogen) atoms. The molecule has 2 heterocycles. The number of rotatable bonds is 2. The zero-order chi connectivity index (χ0) is 13.9. The number of nitrogens with two attached hydrogens (primary N) is 1. The maximum absolute atomic E-state index is 12.7. The van der Waals surface area contributed by atoms with Crippen molar-refractivity contribution in [3.8, 4) is 0 Å². The van der Waals surface area contributed by atoms with E-state index in [-0.39, 0.29) is 18.1 Å². The summed E-state index contributed by atoms with van der Waals surface area (Å²) in [5.74, 6) is 0.120. The molecule has 4 nitrogen and oxygen atoms in total. The minimum Gasteiger partial charge on any atom is -0.368 e. The molecule has 0 spiro atoms. The third-order valence-electron chi connectivity index (χ3n) is 4.37. The van der Waals surface area contributed by atoms with Crippen molar-refractivity contribution in [3.05, 3.63) is 35.4 Å².